The Morgan fingerprint density at radius 1 is 0.964 bits per heavy atom. The summed E-state index contributed by atoms with van der Waals surface area (Å²) >= 11 is 0. The van der Waals surface area contributed by atoms with Gasteiger partial charge in [0.25, 0.3) is 5.56 Å². The standard InChI is InChI=1S/C23H19N3O2/c1-14-5-7-20-18(13-14)24-22-16-6-8-19(25-9-11-28-12-10-25)15-3-2-4-17(21(15)16)23(27)26(20)22/h2-8,13H,9-12H2,1H3. The van der Waals surface area contributed by atoms with Crippen molar-refractivity contribution in [3.05, 3.63) is 64.4 Å². The maximum Gasteiger partial charge on any atom is 0.264 e. The van der Waals surface area contributed by atoms with Gasteiger partial charge in [-0.3, -0.25) is 9.20 Å². The van der Waals surface area contributed by atoms with Gasteiger partial charge in [-0.05, 0) is 42.8 Å². The van der Waals surface area contributed by atoms with E-state index in [1.807, 2.05) is 37.3 Å². The number of aromatic nitrogens is 2. The molecule has 28 heavy (non-hydrogen) atoms. The van der Waals surface area contributed by atoms with Crippen molar-refractivity contribution in [3.63, 3.8) is 0 Å². The van der Waals surface area contributed by atoms with E-state index in [2.05, 4.69) is 23.1 Å². The Hall–Kier alpha value is -3.18. The van der Waals surface area contributed by atoms with Crippen LogP contribution < -0.4 is 10.5 Å². The number of anilines is 1. The fourth-order valence-electron chi connectivity index (χ4n) is 4.53. The fraction of sp³-hybridized carbons (Fsp3) is 0.217. The lowest BCUT2D eigenvalue weighted by Crippen LogP contribution is -2.36. The summed E-state index contributed by atoms with van der Waals surface area (Å²) < 4.78 is 7.27. The molecule has 0 saturated carbocycles. The Morgan fingerprint density at radius 3 is 2.64 bits per heavy atom. The summed E-state index contributed by atoms with van der Waals surface area (Å²) in [6.07, 6.45) is 0. The van der Waals surface area contributed by atoms with Crippen LogP contribution in [0.25, 0.3) is 38.2 Å². The van der Waals surface area contributed by atoms with Gasteiger partial charge in [0.05, 0.1) is 24.2 Å². The van der Waals surface area contributed by atoms with Crippen molar-refractivity contribution in [1.29, 1.82) is 0 Å². The highest BCUT2D eigenvalue weighted by molar-refractivity contribution is 6.18. The molecule has 1 fully saturated rings. The van der Waals surface area contributed by atoms with Crippen LogP contribution in [0.2, 0.25) is 0 Å². The molecule has 3 heterocycles. The van der Waals surface area contributed by atoms with E-state index in [1.165, 1.54) is 0 Å². The maximum atomic E-state index is 13.4. The molecule has 6 rings (SSSR count). The Balaban J connectivity index is 1.78. The summed E-state index contributed by atoms with van der Waals surface area (Å²) in [5, 5.41) is 3.89. The van der Waals surface area contributed by atoms with Crippen LogP contribution in [0.4, 0.5) is 5.69 Å². The number of morpholine rings is 1. The molecule has 0 N–H and O–H groups in total. The first-order chi connectivity index (χ1) is 13.7. The zero-order valence-electron chi connectivity index (χ0n) is 15.6. The molecule has 1 aliphatic rings. The van der Waals surface area contributed by atoms with Crippen LogP contribution >= 0.6 is 0 Å². The van der Waals surface area contributed by atoms with Crippen molar-refractivity contribution >= 4 is 43.9 Å². The molecule has 3 aromatic carbocycles. The third kappa shape index (κ3) is 2.05. The quantitative estimate of drug-likeness (QED) is 0.452. The lowest BCUT2D eigenvalue weighted by atomic mass is 10.00. The third-order valence-corrected chi connectivity index (χ3v) is 5.85. The number of ether oxygens (including phenoxy) is 1. The van der Waals surface area contributed by atoms with Crippen LogP contribution in [0, 0.1) is 6.92 Å². The van der Waals surface area contributed by atoms with E-state index in [0.29, 0.717) is 0 Å². The van der Waals surface area contributed by atoms with Gasteiger partial charge in [-0.2, -0.15) is 0 Å². The molecule has 1 aliphatic heterocycles. The second-order valence-corrected chi connectivity index (χ2v) is 7.53. The molecule has 5 nitrogen and oxygen atoms in total. The predicted molar refractivity (Wildman–Crippen MR) is 113 cm³/mol. The number of hydrogen-bond acceptors (Lipinski definition) is 4. The number of aryl methyl sites for hydroxylation is 1. The number of imidazole rings is 1. The van der Waals surface area contributed by atoms with E-state index >= 15 is 0 Å². The first-order valence-electron chi connectivity index (χ1n) is 9.65. The smallest absolute Gasteiger partial charge is 0.264 e. The molecule has 0 atom stereocenters. The summed E-state index contributed by atoms with van der Waals surface area (Å²) in [6.45, 7) is 5.24. The molecule has 0 radical (unpaired) electrons. The second-order valence-electron chi connectivity index (χ2n) is 7.53. The Labute approximate surface area is 161 Å². The van der Waals surface area contributed by atoms with E-state index in [9.17, 15) is 4.79 Å². The third-order valence-electron chi connectivity index (χ3n) is 5.85. The van der Waals surface area contributed by atoms with Gasteiger partial charge in [0, 0.05) is 40.3 Å². The first-order valence-corrected chi connectivity index (χ1v) is 9.65. The number of pyridine rings is 1. The Bertz CT molecular complexity index is 1430. The second kappa shape index (κ2) is 5.66. The topological polar surface area (TPSA) is 46.8 Å². The van der Waals surface area contributed by atoms with Gasteiger partial charge in [-0.1, -0.05) is 18.2 Å². The van der Waals surface area contributed by atoms with Crippen molar-refractivity contribution < 1.29 is 4.74 Å². The molecule has 0 aliphatic carbocycles. The Kier molecular flexibility index (Phi) is 3.20. The fourth-order valence-corrected chi connectivity index (χ4v) is 4.53. The van der Waals surface area contributed by atoms with Crippen LogP contribution in [0.3, 0.4) is 0 Å². The maximum absolute atomic E-state index is 13.4. The minimum absolute atomic E-state index is 0.00131. The molecule has 0 spiro atoms. The van der Waals surface area contributed by atoms with E-state index in [-0.39, 0.29) is 5.56 Å². The van der Waals surface area contributed by atoms with E-state index < -0.39 is 0 Å². The molecule has 0 amide bonds. The summed E-state index contributed by atoms with van der Waals surface area (Å²) in [4.78, 5) is 20.6. The van der Waals surface area contributed by atoms with E-state index in [1.54, 1.807) is 4.40 Å². The molecule has 5 heteroatoms. The van der Waals surface area contributed by atoms with Gasteiger partial charge in [0.2, 0.25) is 0 Å². The molecule has 1 saturated heterocycles. The Morgan fingerprint density at radius 2 is 1.79 bits per heavy atom. The highest BCUT2D eigenvalue weighted by atomic mass is 16.5. The van der Waals surface area contributed by atoms with Gasteiger partial charge in [0.1, 0.15) is 5.65 Å². The van der Waals surface area contributed by atoms with Gasteiger partial charge in [0.15, 0.2) is 0 Å². The summed E-state index contributed by atoms with van der Waals surface area (Å²) in [5.41, 5.74) is 4.77. The minimum Gasteiger partial charge on any atom is -0.378 e. The van der Waals surface area contributed by atoms with Crippen LogP contribution in [0.15, 0.2) is 53.3 Å². The highest BCUT2D eigenvalue weighted by Crippen LogP contribution is 2.35. The van der Waals surface area contributed by atoms with Crippen LogP contribution in [-0.2, 0) is 4.74 Å². The predicted octanol–water partition coefficient (Wildman–Crippen LogP) is 3.74. The molecule has 2 aromatic heterocycles. The zero-order chi connectivity index (χ0) is 18.8. The van der Waals surface area contributed by atoms with E-state index in [0.717, 1.165) is 75.8 Å². The van der Waals surface area contributed by atoms with Crippen LogP contribution in [0.5, 0.6) is 0 Å². The molecule has 0 unspecified atom stereocenters. The molecule has 5 aromatic rings. The van der Waals surface area contributed by atoms with E-state index in [4.69, 9.17) is 9.72 Å². The van der Waals surface area contributed by atoms with Crippen molar-refractivity contribution in [2.45, 2.75) is 6.92 Å². The van der Waals surface area contributed by atoms with Crippen LogP contribution in [-0.4, -0.2) is 35.7 Å². The molecular weight excluding hydrogens is 350 g/mol. The molecule has 0 bridgehead atoms. The highest BCUT2D eigenvalue weighted by Gasteiger charge is 2.20. The van der Waals surface area contributed by atoms with Crippen molar-refractivity contribution in [1.82, 2.24) is 9.38 Å². The lowest BCUT2D eigenvalue weighted by molar-refractivity contribution is 0.123. The number of rotatable bonds is 1. The average Bonchev–Trinajstić information content (AvgIpc) is 3.11. The van der Waals surface area contributed by atoms with Gasteiger partial charge >= 0.3 is 0 Å². The van der Waals surface area contributed by atoms with Gasteiger partial charge in [-0.25, -0.2) is 4.98 Å². The largest absolute Gasteiger partial charge is 0.378 e. The minimum atomic E-state index is -0.00131. The zero-order valence-corrected chi connectivity index (χ0v) is 15.6. The number of benzene rings is 3. The molecule has 138 valence electrons. The average molecular weight is 369 g/mol. The van der Waals surface area contributed by atoms with Crippen molar-refractivity contribution in [2.75, 3.05) is 31.2 Å². The SMILES string of the molecule is Cc1ccc2c(c1)nc1c3ccc(N4CCOCC4)c4cccc(c(=O)n21)c43. The van der Waals surface area contributed by atoms with Crippen molar-refractivity contribution in [3.8, 4) is 0 Å². The van der Waals surface area contributed by atoms with Gasteiger partial charge < -0.3 is 9.64 Å². The summed E-state index contributed by atoms with van der Waals surface area (Å²) in [7, 11) is 0. The normalized spacial score (nSPS) is 15.4. The monoisotopic (exact) mass is 369 g/mol. The van der Waals surface area contributed by atoms with Crippen LogP contribution in [0.1, 0.15) is 5.56 Å². The lowest BCUT2D eigenvalue weighted by Gasteiger charge is -2.30. The summed E-state index contributed by atoms with van der Waals surface area (Å²) in [5.74, 6) is 0. The number of nitrogens with zero attached hydrogens (tertiary/aromatic N) is 3. The summed E-state index contributed by atoms with van der Waals surface area (Å²) in [6, 6.07) is 16.4. The first kappa shape index (κ1) is 15.8. The van der Waals surface area contributed by atoms with Gasteiger partial charge in [-0.15, -0.1) is 0 Å². The van der Waals surface area contributed by atoms with Crippen molar-refractivity contribution in [2.24, 2.45) is 0 Å². The number of hydrogen-bond donors (Lipinski definition) is 0. The molecular formula is C23H19N3O2. The number of fused-ring (bicyclic) bond motifs is 4.